The van der Waals surface area contributed by atoms with Crippen molar-refractivity contribution in [3.8, 4) is 5.75 Å². The predicted molar refractivity (Wildman–Crippen MR) is 149 cm³/mol. The highest BCUT2D eigenvalue weighted by molar-refractivity contribution is 5.94. The zero-order valence-electron chi connectivity index (χ0n) is 20.2. The molecule has 1 aliphatic carbocycles. The second-order valence-corrected chi connectivity index (χ2v) is 8.84. The van der Waals surface area contributed by atoms with Crippen molar-refractivity contribution in [2.24, 2.45) is 0 Å². The molecule has 1 heterocycles. The van der Waals surface area contributed by atoms with Crippen LogP contribution in [0.3, 0.4) is 0 Å². The standard InChI is InChI=1S/C30H28N2O3.ClH/c1-35-28-14-6-10-25(30(28)32(33)34)11-7-19-31-20-17-24(18-21-31)29-26-12-4-2-8-22(26)15-16-23-9-3-5-13-27(23)29;/h2-16H,17-21H2,1H3;1H/b11-7+;. The van der Waals surface area contributed by atoms with E-state index in [4.69, 9.17) is 4.74 Å². The number of methoxy groups -OCH3 is 1. The number of para-hydroxylation sites is 1. The Hall–Kier alpha value is -3.67. The summed E-state index contributed by atoms with van der Waals surface area (Å²) in [6.45, 7) is 2.67. The molecule has 0 atom stereocenters. The molecule has 0 N–H and O–H groups in total. The Kier molecular flexibility index (Phi) is 8.04. The summed E-state index contributed by atoms with van der Waals surface area (Å²) in [5.41, 5.74) is 8.59. The summed E-state index contributed by atoms with van der Waals surface area (Å²) < 4.78 is 5.18. The molecule has 0 saturated carbocycles. The fraction of sp³-hybridized carbons (Fsp3) is 0.200. The SMILES string of the molecule is COc1cccc(/C=C/CN2CCC(=C3c4ccccc4C=Cc4ccccc43)CC2)c1[N+](=O)[O-].Cl. The minimum Gasteiger partial charge on any atom is -0.490 e. The second kappa shape index (κ2) is 11.4. The third kappa shape index (κ3) is 5.13. The lowest BCUT2D eigenvalue weighted by Gasteiger charge is -2.29. The molecule has 5 rings (SSSR count). The van der Waals surface area contributed by atoms with Gasteiger partial charge in [-0.1, -0.05) is 84.5 Å². The van der Waals surface area contributed by atoms with E-state index in [9.17, 15) is 10.1 Å². The Balaban J connectivity index is 0.00000304. The smallest absolute Gasteiger partial charge is 0.318 e. The van der Waals surface area contributed by atoms with Crippen molar-refractivity contribution >= 4 is 41.9 Å². The maximum atomic E-state index is 11.5. The van der Waals surface area contributed by atoms with Crippen molar-refractivity contribution in [2.75, 3.05) is 26.7 Å². The predicted octanol–water partition coefficient (Wildman–Crippen LogP) is 7.12. The normalized spacial score (nSPS) is 15.1. The van der Waals surface area contributed by atoms with E-state index in [1.807, 2.05) is 12.2 Å². The summed E-state index contributed by atoms with van der Waals surface area (Å²) in [6.07, 6.45) is 10.3. The van der Waals surface area contributed by atoms with Gasteiger partial charge in [-0.25, -0.2) is 0 Å². The van der Waals surface area contributed by atoms with Crippen molar-refractivity contribution in [3.05, 3.63) is 116 Å². The van der Waals surface area contributed by atoms with Crippen LogP contribution in [0.2, 0.25) is 0 Å². The highest BCUT2D eigenvalue weighted by Gasteiger charge is 2.22. The Morgan fingerprint density at radius 1 is 0.917 bits per heavy atom. The average molecular weight is 501 g/mol. The summed E-state index contributed by atoms with van der Waals surface area (Å²) in [4.78, 5) is 13.5. The molecule has 0 aromatic heterocycles. The van der Waals surface area contributed by atoms with Gasteiger partial charge in [0, 0.05) is 19.6 Å². The molecule has 6 heteroatoms. The number of hydrogen-bond donors (Lipinski definition) is 0. The maximum Gasteiger partial charge on any atom is 0.318 e. The fourth-order valence-electron chi connectivity index (χ4n) is 5.06. The van der Waals surface area contributed by atoms with Crippen LogP contribution in [0.15, 0.2) is 78.4 Å². The number of nitro benzene ring substituents is 1. The van der Waals surface area contributed by atoms with Gasteiger partial charge in [0.1, 0.15) is 0 Å². The minimum atomic E-state index is -0.380. The van der Waals surface area contributed by atoms with E-state index in [1.165, 1.54) is 40.5 Å². The Labute approximate surface area is 218 Å². The summed E-state index contributed by atoms with van der Waals surface area (Å²) in [6, 6.07) is 22.5. The molecule has 36 heavy (non-hydrogen) atoms. The fourth-order valence-corrected chi connectivity index (χ4v) is 5.06. The van der Waals surface area contributed by atoms with E-state index < -0.39 is 0 Å². The number of likely N-dealkylation sites (tertiary alicyclic amines) is 1. The summed E-state index contributed by atoms with van der Waals surface area (Å²) in [5, 5.41) is 11.5. The first kappa shape index (κ1) is 25.4. The zero-order chi connectivity index (χ0) is 24.2. The quantitative estimate of drug-likeness (QED) is 0.216. The van der Waals surface area contributed by atoms with Crippen LogP contribution in [0.4, 0.5) is 5.69 Å². The van der Waals surface area contributed by atoms with Crippen LogP contribution in [0.25, 0.3) is 23.8 Å². The molecule has 184 valence electrons. The van der Waals surface area contributed by atoms with Crippen molar-refractivity contribution < 1.29 is 9.66 Å². The van der Waals surface area contributed by atoms with Gasteiger partial charge in [-0.3, -0.25) is 15.0 Å². The largest absolute Gasteiger partial charge is 0.490 e. The molecule has 1 fully saturated rings. The molecule has 5 nitrogen and oxygen atoms in total. The number of halogens is 1. The molecule has 2 aliphatic rings. The highest BCUT2D eigenvalue weighted by Crippen LogP contribution is 2.38. The molecule has 0 unspecified atom stereocenters. The Morgan fingerprint density at radius 3 is 2.11 bits per heavy atom. The molecule has 0 amide bonds. The zero-order valence-corrected chi connectivity index (χ0v) is 21.0. The van der Waals surface area contributed by atoms with E-state index in [0.29, 0.717) is 5.56 Å². The van der Waals surface area contributed by atoms with Crippen LogP contribution in [0, 0.1) is 10.1 Å². The Morgan fingerprint density at radius 2 is 1.53 bits per heavy atom. The first-order valence-electron chi connectivity index (χ1n) is 11.9. The van der Waals surface area contributed by atoms with Crippen LogP contribution in [0.5, 0.6) is 5.75 Å². The number of rotatable bonds is 5. The summed E-state index contributed by atoms with van der Waals surface area (Å²) in [5.74, 6) is 0.282. The van der Waals surface area contributed by atoms with Crippen LogP contribution < -0.4 is 4.74 Å². The van der Waals surface area contributed by atoms with Crippen molar-refractivity contribution in [1.29, 1.82) is 0 Å². The van der Waals surface area contributed by atoms with Gasteiger partial charge in [-0.15, -0.1) is 12.4 Å². The van der Waals surface area contributed by atoms with E-state index in [-0.39, 0.29) is 28.8 Å². The molecule has 1 aliphatic heterocycles. The monoisotopic (exact) mass is 500 g/mol. The lowest BCUT2D eigenvalue weighted by molar-refractivity contribution is -0.386. The molecule has 3 aromatic carbocycles. The van der Waals surface area contributed by atoms with Crippen molar-refractivity contribution in [3.63, 3.8) is 0 Å². The van der Waals surface area contributed by atoms with Crippen molar-refractivity contribution in [1.82, 2.24) is 4.90 Å². The van der Waals surface area contributed by atoms with Gasteiger partial charge in [-0.05, 0) is 52.8 Å². The van der Waals surface area contributed by atoms with Gasteiger partial charge < -0.3 is 4.74 Å². The van der Waals surface area contributed by atoms with E-state index in [0.717, 1.165) is 32.5 Å². The molecule has 0 spiro atoms. The van der Waals surface area contributed by atoms with Crippen LogP contribution in [0.1, 0.15) is 40.7 Å². The van der Waals surface area contributed by atoms with Gasteiger partial charge in [0.25, 0.3) is 0 Å². The Bertz CT molecular complexity index is 1300. The number of ether oxygens (including phenoxy) is 1. The maximum absolute atomic E-state index is 11.5. The van der Waals surface area contributed by atoms with E-state index in [1.54, 1.807) is 18.2 Å². The van der Waals surface area contributed by atoms with Crippen LogP contribution in [-0.2, 0) is 0 Å². The lowest BCUT2D eigenvalue weighted by Crippen LogP contribution is -2.31. The van der Waals surface area contributed by atoms with Gasteiger partial charge in [0.2, 0.25) is 0 Å². The highest BCUT2D eigenvalue weighted by atomic mass is 35.5. The molecular weight excluding hydrogens is 472 g/mol. The molecular formula is C30H29ClN2O3. The van der Waals surface area contributed by atoms with Gasteiger partial charge in [-0.2, -0.15) is 0 Å². The van der Waals surface area contributed by atoms with Crippen LogP contribution in [-0.4, -0.2) is 36.6 Å². The minimum absolute atomic E-state index is 0. The average Bonchev–Trinajstić information content (AvgIpc) is 3.06. The summed E-state index contributed by atoms with van der Waals surface area (Å²) >= 11 is 0. The van der Waals surface area contributed by atoms with Crippen molar-refractivity contribution in [2.45, 2.75) is 12.8 Å². The number of nitro groups is 1. The third-order valence-corrected chi connectivity index (χ3v) is 6.81. The number of benzene rings is 3. The van der Waals surface area contributed by atoms with E-state index >= 15 is 0 Å². The van der Waals surface area contributed by atoms with Crippen LogP contribution >= 0.6 is 12.4 Å². The number of nitrogens with zero attached hydrogens (tertiary/aromatic N) is 2. The number of piperidine rings is 1. The van der Waals surface area contributed by atoms with Gasteiger partial charge in [0.15, 0.2) is 5.75 Å². The molecule has 1 saturated heterocycles. The molecule has 0 radical (unpaired) electrons. The van der Waals surface area contributed by atoms with E-state index in [2.05, 4.69) is 65.6 Å². The molecule has 0 bridgehead atoms. The topological polar surface area (TPSA) is 55.6 Å². The lowest BCUT2D eigenvalue weighted by atomic mass is 9.86. The second-order valence-electron chi connectivity index (χ2n) is 8.84. The number of hydrogen-bond acceptors (Lipinski definition) is 4. The number of fused-ring (bicyclic) bond motifs is 2. The van der Waals surface area contributed by atoms with Gasteiger partial charge >= 0.3 is 5.69 Å². The first-order valence-corrected chi connectivity index (χ1v) is 11.9. The molecule has 3 aromatic rings. The summed E-state index contributed by atoms with van der Waals surface area (Å²) in [7, 11) is 1.46. The van der Waals surface area contributed by atoms with Gasteiger partial charge in [0.05, 0.1) is 17.6 Å². The first-order chi connectivity index (χ1) is 17.2. The third-order valence-electron chi connectivity index (χ3n) is 6.81.